The van der Waals surface area contributed by atoms with Crippen molar-refractivity contribution in [2.24, 2.45) is 0 Å². The number of halogens is 2. The van der Waals surface area contributed by atoms with E-state index in [-0.39, 0.29) is 24.9 Å². The highest BCUT2D eigenvalue weighted by molar-refractivity contribution is 5.87. The first-order chi connectivity index (χ1) is 14.0. The quantitative estimate of drug-likeness (QED) is 0.685. The number of piperidine rings is 1. The van der Waals surface area contributed by atoms with Gasteiger partial charge in [-0.15, -0.1) is 0 Å². The molecule has 5 rings (SSSR count). The summed E-state index contributed by atoms with van der Waals surface area (Å²) in [6.07, 6.45) is 3.35. The van der Waals surface area contributed by atoms with Crippen molar-refractivity contribution in [2.45, 2.75) is 50.6 Å². The maximum atomic E-state index is 13.7. The van der Waals surface area contributed by atoms with Gasteiger partial charge in [-0.2, -0.15) is 0 Å². The van der Waals surface area contributed by atoms with E-state index in [1.54, 1.807) is 6.33 Å². The summed E-state index contributed by atoms with van der Waals surface area (Å²) in [4.78, 5) is 14.3. The second-order valence-corrected chi connectivity index (χ2v) is 8.26. The van der Waals surface area contributed by atoms with Gasteiger partial charge in [0.05, 0.1) is 11.4 Å². The first kappa shape index (κ1) is 18.5. The molecule has 5 nitrogen and oxygen atoms in total. The summed E-state index contributed by atoms with van der Waals surface area (Å²) in [5.41, 5.74) is 4.39. The Morgan fingerprint density at radius 3 is 2.79 bits per heavy atom. The van der Waals surface area contributed by atoms with Crippen LogP contribution in [0.3, 0.4) is 0 Å². The van der Waals surface area contributed by atoms with Crippen LogP contribution in [-0.4, -0.2) is 44.9 Å². The zero-order chi connectivity index (χ0) is 20.0. The minimum absolute atomic E-state index is 0.0000198. The van der Waals surface area contributed by atoms with Crippen LogP contribution in [0.2, 0.25) is 0 Å². The van der Waals surface area contributed by atoms with Crippen molar-refractivity contribution in [1.82, 2.24) is 19.9 Å². The molecule has 1 aliphatic carbocycles. The molecule has 1 saturated heterocycles. The third-order valence-corrected chi connectivity index (χ3v) is 6.34. The van der Waals surface area contributed by atoms with E-state index in [9.17, 15) is 8.78 Å². The molecule has 152 valence electrons. The van der Waals surface area contributed by atoms with Gasteiger partial charge in [-0.05, 0) is 37.0 Å². The molecule has 0 radical (unpaired) electrons. The molecule has 0 saturated carbocycles. The van der Waals surface area contributed by atoms with Gasteiger partial charge in [0.1, 0.15) is 17.8 Å². The Balaban J connectivity index is 1.50. The average molecular weight is 397 g/mol. The van der Waals surface area contributed by atoms with Crippen molar-refractivity contribution in [3.8, 4) is 0 Å². The van der Waals surface area contributed by atoms with Crippen LogP contribution in [-0.2, 0) is 6.42 Å². The summed E-state index contributed by atoms with van der Waals surface area (Å²) in [6, 6.07) is 10.6. The fourth-order valence-electron chi connectivity index (χ4n) is 4.83. The van der Waals surface area contributed by atoms with Gasteiger partial charge in [-0.25, -0.2) is 18.7 Å². The van der Waals surface area contributed by atoms with Crippen LogP contribution in [0.5, 0.6) is 0 Å². The van der Waals surface area contributed by atoms with E-state index >= 15 is 0 Å². The van der Waals surface area contributed by atoms with Gasteiger partial charge < -0.3 is 10.3 Å². The minimum atomic E-state index is -2.53. The third-order valence-electron chi connectivity index (χ3n) is 6.34. The van der Waals surface area contributed by atoms with Crippen LogP contribution >= 0.6 is 0 Å². The number of likely N-dealkylation sites (tertiary alicyclic amines) is 1. The third kappa shape index (κ3) is 3.48. The average Bonchev–Trinajstić information content (AvgIpc) is 3.10. The fraction of sp³-hybridized carbons (Fsp3) is 0.455. The van der Waals surface area contributed by atoms with Crippen molar-refractivity contribution >= 4 is 16.9 Å². The van der Waals surface area contributed by atoms with E-state index < -0.39 is 5.92 Å². The molecule has 2 N–H and O–H groups in total. The second kappa shape index (κ2) is 7.06. The van der Waals surface area contributed by atoms with Crippen LogP contribution in [0.1, 0.15) is 42.1 Å². The van der Waals surface area contributed by atoms with Crippen molar-refractivity contribution in [3.63, 3.8) is 0 Å². The van der Waals surface area contributed by atoms with Crippen molar-refractivity contribution in [2.75, 3.05) is 18.4 Å². The molecule has 1 fully saturated rings. The molecule has 2 atom stereocenters. The molecule has 2 aliphatic rings. The van der Waals surface area contributed by atoms with Crippen LogP contribution in [0.25, 0.3) is 11.0 Å². The molecule has 2 aromatic heterocycles. The maximum absolute atomic E-state index is 13.7. The highest BCUT2D eigenvalue weighted by atomic mass is 19.3. The molecule has 0 amide bonds. The van der Waals surface area contributed by atoms with Crippen molar-refractivity contribution in [3.05, 3.63) is 53.5 Å². The number of anilines is 1. The van der Waals surface area contributed by atoms with Crippen molar-refractivity contribution in [1.29, 1.82) is 0 Å². The fourth-order valence-corrected chi connectivity index (χ4v) is 4.83. The lowest BCUT2D eigenvalue weighted by atomic mass is 9.82. The van der Waals surface area contributed by atoms with Crippen LogP contribution in [0.15, 0.2) is 36.7 Å². The van der Waals surface area contributed by atoms with E-state index in [1.807, 2.05) is 13.0 Å². The lowest BCUT2D eigenvalue weighted by molar-refractivity contribution is -0.0656. The highest BCUT2D eigenvalue weighted by Crippen LogP contribution is 2.39. The number of aromatic nitrogens is 3. The molecule has 1 aromatic carbocycles. The Hall–Kier alpha value is -2.54. The van der Waals surface area contributed by atoms with Gasteiger partial charge in [0.15, 0.2) is 0 Å². The summed E-state index contributed by atoms with van der Waals surface area (Å²) in [5.74, 6) is -1.75. The number of aryl methyl sites for hydroxylation is 2. The zero-order valence-electron chi connectivity index (χ0n) is 16.5. The molecule has 3 heterocycles. The predicted octanol–water partition coefficient (Wildman–Crippen LogP) is 4.47. The lowest BCUT2D eigenvalue weighted by Gasteiger charge is -2.44. The molecular formula is C22H25F2N5. The molecule has 0 spiro atoms. The topological polar surface area (TPSA) is 56.8 Å². The number of aromatic amines is 1. The normalized spacial score (nSPS) is 24.4. The minimum Gasteiger partial charge on any atom is -0.361 e. The first-order valence-electron chi connectivity index (χ1n) is 10.3. The van der Waals surface area contributed by atoms with Crippen molar-refractivity contribution < 1.29 is 8.78 Å². The number of hydrogen-bond donors (Lipinski definition) is 2. The number of fused-ring (bicyclic) bond motifs is 2. The Morgan fingerprint density at radius 1 is 1.17 bits per heavy atom. The number of rotatable bonds is 3. The Kier molecular flexibility index (Phi) is 4.50. The van der Waals surface area contributed by atoms with Crippen LogP contribution < -0.4 is 5.32 Å². The molecule has 7 heteroatoms. The Bertz CT molecular complexity index is 1020. The van der Waals surface area contributed by atoms with Crippen LogP contribution in [0.4, 0.5) is 14.6 Å². The Morgan fingerprint density at radius 2 is 1.97 bits per heavy atom. The highest BCUT2D eigenvalue weighted by Gasteiger charge is 2.40. The van der Waals surface area contributed by atoms with Gasteiger partial charge in [0, 0.05) is 37.7 Å². The van der Waals surface area contributed by atoms with Gasteiger partial charge in [0.25, 0.3) is 5.92 Å². The number of alkyl halides is 2. The van der Waals surface area contributed by atoms with Gasteiger partial charge >= 0.3 is 0 Å². The van der Waals surface area contributed by atoms with E-state index in [1.165, 1.54) is 11.1 Å². The number of H-pyrrole nitrogens is 1. The Labute approximate surface area is 168 Å². The van der Waals surface area contributed by atoms with Gasteiger partial charge in [0.2, 0.25) is 0 Å². The predicted molar refractivity (Wildman–Crippen MR) is 109 cm³/mol. The van der Waals surface area contributed by atoms with E-state index in [2.05, 4.69) is 49.4 Å². The molecule has 3 aromatic rings. The van der Waals surface area contributed by atoms with Gasteiger partial charge in [-0.1, -0.05) is 24.3 Å². The number of nitrogens with zero attached hydrogens (tertiary/aromatic N) is 3. The number of hydrogen-bond acceptors (Lipinski definition) is 4. The second-order valence-electron chi connectivity index (χ2n) is 8.26. The SMILES string of the molecule is Cc1cc2c(NC3c4ccccc4CCC3N3CCC(F)(F)CC3)ncnc2[nH]1. The number of benzene rings is 1. The summed E-state index contributed by atoms with van der Waals surface area (Å²) in [5, 5.41) is 4.62. The monoisotopic (exact) mass is 397 g/mol. The largest absolute Gasteiger partial charge is 0.361 e. The standard InChI is InChI=1S/C22H25F2N5/c1-14-12-17-20(27-14)25-13-26-21(17)28-19-16-5-3-2-4-15(16)6-7-18(19)29-10-8-22(23,24)9-11-29/h2-5,12-13,18-19H,6-11H2,1H3,(H2,25,26,27,28). The first-order valence-corrected chi connectivity index (χ1v) is 10.3. The summed E-state index contributed by atoms with van der Waals surface area (Å²) < 4.78 is 27.5. The summed E-state index contributed by atoms with van der Waals surface area (Å²) >= 11 is 0. The maximum Gasteiger partial charge on any atom is 0.250 e. The van der Waals surface area contributed by atoms with E-state index in [0.717, 1.165) is 35.4 Å². The zero-order valence-corrected chi connectivity index (χ0v) is 16.5. The molecule has 0 bridgehead atoms. The summed E-state index contributed by atoms with van der Waals surface area (Å²) in [6.45, 7) is 2.86. The number of nitrogens with one attached hydrogen (secondary N) is 2. The van der Waals surface area contributed by atoms with E-state index in [4.69, 9.17) is 0 Å². The molecular weight excluding hydrogens is 372 g/mol. The summed E-state index contributed by atoms with van der Waals surface area (Å²) in [7, 11) is 0. The smallest absolute Gasteiger partial charge is 0.250 e. The van der Waals surface area contributed by atoms with Gasteiger partial charge in [-0.3, -0.25) is 4.90 Å². The lowest BCUT2D eigenvalue weighted by Crippen LogP contribution is -2.50. The molecule has 2 unspecified atom stereocenters. The van der Waals surface area contributed by atoms with Crippen LogP contribution in [0, 0.1) is 6.92 Å². The van der Waals surface area contributed by atoms with E-state index in [0.29, 0.717) is 13.1 Å². The molecule has 29 heavy (non-hydrogen) atoms. The molecule has 1 aliphatic heterocycles.